The lowest BCUT2D eigenvalue weighted by Gasteiger charge is -2.00. The molecule has 1 aromatic heterocycles. The summed E-state index contributed by atoms with van der Waals surface area (Å²) in [5.41, 5.74) is 5.55. The number of nitrogens with zero attached hydrogens (tertiary/aromatic N) is 2. The number of anilines is 1. The second-order valence-corrected chi connectivity index (χ2v) is 5.29. The molecule has 0 aliphatic carbocycles. The van der Waals surface area contributed by atoms with Crippen molar-refractivity contribution in [3.05, 3.63) is 35.6 Å². The van der Waals surface area contributed by atoms with Gasteiger partial charge in [-0.15, -0.1) is 5.10 Å². The summed E-state index contributed by atoms with van der Waals surface area (Å²) < 4.78 is 36.5. The maximum Gasteiger partial charge on any atom is 0.245 e. The van der Waals surface area contributed by atoms with Crippen LogP contribution in [0.3, 0.4) is 0 Å². The Balaban J connectivity index is 2.29. The maximum atomic E-state index is 12.9. The third-order valence-electron chi connectivity index (χ3n) is 2.02. The lowest BCUT2D eigenvalue weighted by Crippen LogP contribution is -2.07. The zero-order chi connectivity index (χ0) is 12.5. The Hall–Kier alpha value is -1.96. The number of aromatic nitrogens is 3. The highest BCUT2D eigenvalue weighted by Gasteiger charge is 2.19. The number of halogens is 1. The molecule has 6 nitrogen and oxygen atoms in total. The fraction of sp³-hybridized carbons (Fsp3) is 0.111. The molecular formula is C9H9FN4O2S. The molecule has 0 aliphatic rings. The van der Waals surface area contributed by atoms with Crippen LogP contribution in [0.15, 0.2) is 29.4 Å². The summed E-state index contributed by atoms with van der Waals surface area (Å²) in [4.78, 5) is 3.53. The summed E-state index contributed by atoms with van der Waals surface area (Å²) >= 11 is 0. The summed E-state index contributed by atoms with van der Waals surface area (Å²) in [6.45, 7) is 0. The number of aromatic amines is 1. The molecule has 1 aromatic carbocycles. The first-order chi connectivity index (χ1) is 7.97. The number of sulfone groups is 1. The van der Waals surface area contributed by atoms with Crippen molar-refractivity contribution in [1.29, 1.82) is 0 Å². The Bertz CT molecular complexity index is 638. The van der Waals surface area contributed by atoms with Crippen molar-refractivity contribution in [2.75, 3.05) is 5.73 Å². The van der Waals surface area contributed by atoms with Crippen LogP contribution in [0.25, 0.3) is 0 Å². The maximum absolute atomic E-state index is 12.9. The van der Waals surface area contributed by atoms with Gasteiger partial charge in [-0.25, -0.2) is 17.9 Å². The molecule has 2 rings (SSSR count). The van der Waals surface area contributed by atoms with Crippen LogP contribution in [0, 0.1) is 5.82 Å². The highest BCUT2D eigenvalue weighted by Crippen LogP contribution is 2.13. The fourth-order valence-corrected chi connectivity index (χ4v) is 2.49. The largest absolute Gasteiger partial charge is 0.366 e. The normalized spacial score (nSPS) is 11.6. The van der Waals surface area contributed by atoms with E-state index in [1.165, 1.54) is 18.2 Å². The standard InChI is InChI=1S/C9H9FN4O2S/c10-7-3-1-2-6(4-7)5-17(15,16)9-12-8(11)13-14-9/h1-4H,5H2,(H3,11,12,13,14). The van der Waals surface area contributed by atoms with Gasteiger partial charge in [-0.2, -0.15) is 4.98 Å². The van der Waals surface area contributed by atoms with Gasteiger partial charge in [-0.1, -0.05) is 12.1 Å². The molecule has 3 N–H and O–H groups in total. The van der Waals surface area contributed by atoms with Crippen LogP contribution < -0.4 is 5.73 Å². The van der Waals surface area contributed by atoms with E-state index in [9.17, 15) is 12.8 Å². The molecule has 0 bridgehead atoms. The molecule has 1 heterocycles. The minimum atomic E-state index is -3.69. The highest BCUT2D eigenvalue weighted by atomic mass is 32.2. The molecule has 0 spiro atoms. The van der Waals surface area contributed by atoms with E-state index in [4.69, 9.17) is 5.73 Å². The molecule has 0 saturated heterocycles. The van der Waals surface area contributed by atoms with Gasteiger partial charge in [0, 0.05) is 0 Å². The van der Waals surface area contributed by atoms with Crippen molar-refractivity contribution in [1.82, 2.24) is 15.2 Å². The summed E-state index contributed by atoms with van der Waals surface area (Å²) in [7, 11) is -3.69. The van der Waals surface area contributed by atoms with Crippen molar-refractivity contribution in [3.8, 4) is 0 Å². The smallest absolute Gasteiger partial charge is 0.245 e. The predicted molar refractivity (Wildman–Crippen MR) is 58.1 cm³/mol. The fourth-order valence-electron chi connectivity index (χ4n) is 1.31. The molecule has 0 amide bonds. The number of nitrogens with two attached hydrogens (primary N) is 1. The lowest BCUT2D eigenvalue weighted by atomic mass is 10.2. The van der Waals surface area contributed by atoms with E-state index in [0.29, 0.717) is 5.56 Å². The molecule has 0 atom stereocenters. The summed E-state index contributed by atoms with van der Waals surface area (Å²) in [6, 6.07) is 5.34. The third-order valence-corrected chi connectivity index (χ3v) is 3.51. The molecule has 0 aliphatic heterocycles. The van der Waals surface area contributed by atoms with Gasteiger partial charge < -0.3 is 5.73 Å². The zero-order valence-corrected chi connectivity index (χ0v) is 9.41. The van der Waals surface area contributed by atoms with Crippen molar-refractivity contribution < 1.29 is 12.8 Å². The van der Waals surface area contributed by atoms with Crippen molar-refractivity contribution in [2.24, 2.45) is 0 Å². The lowest BCUT2D eigenvalue weighted by molar-refractivity contribution is 0.586. The number of hydrogen-bond donors (Lipinski definition) is 2. The Kier molecular flexibility index (Phi) is 2.80. The summed E-state index contributed by atoms with van der Waals surface area (Å²) in [5, 5.41) is 5.32. The predicted octanol–water partition coefficient (Wildman–Crippen LogP) is 0.500. The van der Waals surface area contributed by atoms with Crippen LogP contribution in [0.4, 0.5) is 10.3 Å². The summed E-state index contributed by atoms with van der Waals surface area (Å²) in [5.74, 6) is -1.00. The minimum Gasteiger partial charge on any atom is -0.366 e. The van der Waals surface area contributed by atoms with Crippen molar-refractivity contribution >= 4 is 15.8 Å². The van der Waals surface area contributed by atoms with Crippen molar-refractivity contribution in [2.45, 2.75) is 10.9 Å². The van der Waals surface area contributed by atoms with Gasteiger partial charge in [0.05, 0.1) is 5.75 Å². The van der Waals surface area contributed by atoms with E-state index in [1.54, 1.807) is 0 Å². The Morgan fingerprint density at radius 1 is 1.41 bits per heavy atom. The molecule has 90 valence electrons. The first-order valence-electron chi connectivity index (χ1n) is 4.62. The molecule has 0 radical (unpaired) electrons. The van der Waals surface area contributed by atoms with E-state index in [1.807, 2.05) is 0 Å². The monoisotopic (exact) mass is 256 g/mol. The molecule has 0 unspecified atom stereocenters. The number of nitrogen functional groups attached to an aromatic ring is 1. The Labute approximate surface area is 96.6 Å². The molecule has 2 aromatic rings. The van der Waals surface area contributed by atoms with Crippen LogP contribution in [0.1, 0.15) is 5.56 Å². The second kappa shape index (κ2) is 4.13. The van der Waals surface area contributed by atoms with Gasteiger partial charge in [-0.3, -0.25) is 0 Å². The van der Waals surface area contributed by atoms with Gasteiger partial charge in [0.2, 0.25) is 20.9 Å². The van der Waals surface area contributed by atoms with Crippen LogP contribution in [-0.4, -0.2) is 23.6 Å². The van der Waals surface area contributed by atoms with Gasteiger partial charge in [0.25, 0.3) is 0 Å². The molecule has 0 fully saturated rings. The van der Waals surface area contributed by atoms with Gasteiger partial charge in [-0.05, 0) is 17.7 Å². The first-order valence-corrected chi connectivity index (χ1v) is 6.28. The van der Waals surface area contributed by atoms with Gasteiger partial charge in [0.1, 0.15) is 5.82 Å². The van der Waals surface area contributed by atoms with Crippen molar-refractivity contribution in [3.63, 3.8) is 0 Å². The molecule has 8 heteroatoms. The average Bonchev–Trinajstić information content (AvgIpc) is 2.65. The van der Waals surface area contributed by atoms with E-state index in [0.717, 1.165) is 6.07 Å². The second-order valence-electron chi connectivity index (χ2n) is 3.39. The van der Waals surface area contributed by atoms with E-state index < -0.39 is 15.7 Å². The van der Waals surface area contributed by atoms with E-state index in [2.05, 4.69) is 15.2 Å². The molecule has 0 saturated carbocycles. The van der Waals surface area contributed by atoms with E-state index in [-0.39, 0.29) is 16.9 Å². The van der Waals surface area contributed by atoms with Crippen LogP contribution in [0.5, 0.6) is 0 Å². The molecular weight excluding hydrogens is 247 g/mol. The first kappa shape index (κ1) is 11.5. The number of rotatable bonds is 3. The summed E-state index contributed by atoms with van der Waals surface area (Å²) in [6.07, 6.45) is 0. The number of nitrogens with one attached hydrogen (secondary N) is 1. The van der Waals surface area contributed by atoms with Crippen LogP contribution >= 0.6 is 0 Å². The Morgan fingerprint density at radius 3 is 2.76 bits per heavy atom. The van der Waals surface area contributed by atoms with Crippen LogP contribution in [0.2, 0.25) is 0 Å². The van der Waals surface area contributed by atoms with E-state index >= 15 is 0 Å². The Morgan fingerprint density at radius 2 is 2.18 bits per heavy atom. The highest BCUT2D eigenvalue weighted by molar-refractivity contribution is 7.90. The number of hydrogen-bond acceptors (Lipinski definition) is 5. The minimum absolute atomic E-state index is 0.150. The third kappa shape index (κ3) is 2.59. The number of H-pyrrole nitrogens is 1. The van der Waals surface area contributed by atoms with Gasteiger partial charge in [0.15, 0.2) is 0 Å². The zero-order valence-electron chi connectivity index (χ0n) is 8.59. The number of benzene rings is 1. The SMILES string of the molecule is Nc1n[nH]c(S(=O)(=O)Cc2cccc(F)c2)n1. The quantitative estimate of drug-likeness (QED) is 0.832. The average molecular weight is 256 g/mol. The van der Waals surface area contributed by atoms with Gasteiger partial charge >= 0.3 is 0 Å². The molecule has 17 heavy (non-hydrogen) atoms. The van der Waals surface area contributed by atoms with Crippen LogP contribution in [-0.2, 0) is 15.6 Å². The topological polar surface area (TPSA) is 102 Å².